The lowest BCUT2D eigenvalue weighted by Gasteiger charge is -2.09. The second-order valence-electron chi connectivity index (χ2n) is 3.62. The number of methoxy groups -OCH3 is 1. The molecule has 0 bridgehead atoms. The molecule has 102 valence electrons. The number of hydrogen-bond acceptors (Lipinski definition) is 4. The SMILES string of the molecule is COCCCS(=O)(=O)Nc1cc(N)c(F)cc1F. The molecule has 0 amide bonds. The molecule has 0 heterocycles. The molecular weight excluding hydrogens is 266 g/mol. The van der Waals surface area contributed by atoms with E-state index in [1.165, 1.54) is 7.11 Å². The summed E-state index contributed by atoms with van der Waals surface area (Å²) < 4.78 is 56.0. The van der Waals surface area contributed by atoms with Crippen LogP contribution in [0.3, 0.4) is 0 Å². The number of nitrogen functional groups attached to an aromatic ring is 1. The number of anilines is 2. The van der Waals surface area contributed by atoms with E-state index in [-0.39, 0.29) is 30.2 Å². The zero-order valence-electron chi connectivity index (χ0n) is 9.74. The third kappa shape index (κ3) is 4.11. The van der Waals surface area contributed by atoms with Gasteiger partial charge in [0.15, 0.2) is 0 Å². The Morgan fingerprint density at radius 1 is 1.33 bits per heavy atom. The van der Waals surface area contributed by atoms with Crippen LogP contribution in [0, 0.1) is 11.6 Å². The molecular formula is C10H14F2N2O3S. The van der Waals surface area contributed by atoms with Crippen LogP contribution in [0.15, 0.2) is 12.1 Å². The Labute approximate surface area is 104 Å². The molecule has 1 aromatic carbocycles. The summed E-state index contributed by atoms with van der Waals surface area (Å²) in [7, 11) is -2.26. The summed E-state index contributed by atoms with van der Waals surface area (Å²) in [4.78, 5) is 0. The Hall–Kier alpha value is -1.41. The summed E-state index contributed by atoms with van der Waals surface area (Å²) in [6.45, 7) is 0.273. The normalized spacial score (nSPS) is 11.5. The van der Waals surface area contributed by atoms with Gasteiger partial charge in [0.05, 0.1) is 17.1 Å². The monoisotopic (exact) mass is 280 g/mol. The Morgan fingerprint density at radius 2 is 2.00 bits per heavy atom. The molecule has 0 atom stereocenters. The van der Waals surface area contributed by atoms with Crippen molar-refractivity contribution in [1.82, 2.24) is 0 Å². The first-order valence-electron chi connectivity index (χ1n) is 5.09. The summed E-state index contributed by atoms with van der Waals surface area (Å²) in [5, 5.41) is 0. The quantitative estimate of drug-likeness (QED) is 0.608. The van der Waals surface area contributed by atoms with Gasteiger partial charge in [0.2, 0.25) is 10.0 Å². The van der Waals surface area contributed by atoms with Gasteiger partial charge in [-0.2, -0.15) is 0 Å². The molecule has 0 aromatic heterocycles. The lowest BCUT2D eigenvalue weighted by atomic mass is 10.2. The average Bonchev–Trinajstić information content (AvgIpc) is 2.26. The molecule has 0 aliphatic carbocycles. The van der Waals surface area contributed by atoms with E-state index in [4.69, 9.17) is 10.5 Å². The van der Waals surface area contributed by atoms with Crippen LogP contribution < -0.4 is 10.5 Å². The highest BCUT2D eigenvalue weighted by atomic mass is 32.2. The van der Waals surface area contributed by atoms with E-state index in [0.29, 0.717) is 6.07 Å². The summed E-state index contributed by atoms with van der Waals surface area (Å²) in [5.74, 6) is -2.18. The zero-order chi connectivity index (χ0) is 13.8. The third-order valence-electron chi connectivity index (χ3n) is 2.11. The van der Waals surface area contributed by atoms with Gasteiger partial charge < -0.3 is 10.5 Å². The van der Waals surface area contributed by atoms with Gasteiger partial charge in [-0.25, -0.2) is 17.2 Å². The van der Waals surface area contributed by atoms with Crippen molar-refractivity contribution < 1.29 is 21.9 Å². The minimum Gasteiger partial charge on any atom is -0.396 e. The topological polar surface area (TPSA) is 81.4 Å². The Morgan fingerprint density at radius 3 is 2.61 bits per heavy atom. The van der Waals surface area contributed by atoms with Gasteiger partial charge in [0.1, 0.15) is 11.6 Å². The molecule has 5 nitrogen and oxygen atoms in total. The summed E-state index contributed by atoms with van der Waals surface area (Å²) in [6, 6.07) is 1.43. The van der Waals surface area contributed by atoms with E-state index in [0.717, 1.165) is 6.07 Å². The largest absolute Gasteiger partial charge is 0.396 e. The molecule has 0 saturated carbocycles. The highest BCUT2D eigenvalue weighted by molar-refractivity contribution is 7.92. The molecule has 0 aliphatic heterocycles. The number of nitrogens with one attached hydrogen (secondary N) is 1. The van der Waals surface area contributed by atoms with Gasteiger partial charge >= 0.3 is 0 Å². The van der Waals surface area contributed by atoms with Crippen molar-refractivity contribution in [3.8, 4) is 0 Å². The fourth-order valence-electron chi connectivity index (χ4n) is 1.26. The van der Waals surface area contributed by atoms with Crippen LogP contribution in [-0.4, -0.2) is 27.9 Å². The first kappa shape index (κ1) is 14.7. The lowest BCUT2D eigenvalue weighted by Crippen LogP contribution is -2.18. The molecule has 0 saturated heterocycles. The van der Waals surface area contributed by atoms with Crippen molar-refractivity contribution >= 4 is 21.4 Å². The number of hydrogen-bond donors (Lipinski definition) is 2. The molecule has 3 N–H and O–H groups in total. The summed E-state index contributed by atoms with van der Waals surface area (Å²) >= 11 is 0. The molecule has 0 unspecified atom stereocenters. The van der Waals surface area contributed by atoms with Gasteiger partial charge in [-0.1, -0.05) is 0 Å². The van der Waals surface area contributed by atoms with Crippen LogP contribution in [-0.2, 0) is 14.8 Å². The maximum Gasteiger partial charge on any atom is 0.232 e. The Balaban J connectivity index is 2.81. The molecule has 1 aromatic rings. The highest BCUT2D eigenvalue weighted by Crippen LogP contribution is 2.22. The van der Waals surface area contributed by atoms with Gasteiger partial charge in [-0.3, -0.25) is 4.72 Å². The number of halogens is 2. The van der Waals surface area contributed by atoms with Crippen LogP contribution in [0.5, 0.6) is 0 Å². The van der Waals surface area contributed by atoms with Crippen LogP contribution >= 0.6 is 0 Å². The molecule has 1 rings (SSSR count). The van der Waals surface area contributed by atoms with Crippen molar-refractivity contribution in [2.75, 3.05) is 29.9 Å². The van der Waals surface area contributed by atoms with Gasteiger partial charge in [0.25, 0.3) is 0 Å². The lowest BCUT2D eigenvalue weighted by molar-refractivity contribution is 0.199. The number of ether oxygens (including phenoxy) is 1. The van der Waals surface area contributed by atoms with Crippen LogP contribution in [0.4, 0.5) is 20.2 Å². The average molecular weight is 280 g/mol. The van der Waals surface area contributed by atoms with Crippen molar-refractivity contribution in [2.24, 2.45) is 0 Å². The molecule has 0 radical (unpaired) electrons. The first-order chi connectivity index (χ1) is 8.35. The van der Waals surface area contributed by atoms with Crippen molar-refractivity contribution in [3.63, 3.8) is 0 Å². The molecule has 18 heavy (non-hydrogen) atoms. The van der Waals surface area contributed by atoms with E-state index >= 15 is 0 Å². The number of sulfonamides is 1. The first-order valence-corrected chi connectivity index (χ1v) is 6.75. The number of rotatable bonds is 6. The Kier molecular flexibility index (Phi) is 4.85. The Bertz CT molecular complexity index is 520. The number of nitrogens with two attached hydrogens (primary N) is 1. The van der Waals surface area contributed by atoms with E-state index in [2.05, 4.69) is 0 Å². The summed E-state index contributed by atoms with van der Waals surface area (Å²) in [5.41, 5.74) is 4.54. The smallest absolute Gasteiger partial charge is 0.232 e. The van der Waals surface area contributed by atoms with Crippen LogP contribution in [0.1, 0.15) is 6.42 Å². The second-order valence-corrected chi connectivity index (χ2v) is 5.46. The van der Waals surface area contributed by atoms with Crippen LogP contribution in [0.25, 0.3) is 0 Å². The van der Waals surface area contributed by atoms with Crippen LogP contribution in [0.2, 0.25) is 0 Å². The second kappa shape index (κ2) is 5.96. The fourth-order valence-corrected chi connectivity index (χ4v) is 2.35. The summed E-state index contributed by atoms with van der Waals surface area (Å²) in [6.07, 6.45) is 0.268. The van der Waals surface area contributed by atoms with Gasteiger partial charge in [-0.05, 0) is 12.5 Å². The minimum absolute atomic E-state index is 0.225. The van der Waals surface area contributed by atoms with Gasteiger partial charge in [0, 0.05) is 19.8 Å². The standard InChI is InChI=1S/C10H14F2N2O3S/c1-17-3-2-4-18(15,16)14-10-6-9(13)7(11)5-8(10)12/h5-6,14H,2-4,13H2,1H3. The van der Waals surface area contributed by atoms with E-state index in [9.17, 15) is 17.2 Å². The maximum absolute atomic E-state index is 13.3. The van der Waals surface area contributed by atoms with Gasteiger partial charge in [-0.15, -0.1) is 0 Å². The highest BCUT2D eigenvalue weighted by Gasteiger charge is 2.15. The van der Waals surface area contributed by atoms with E-state index < -0.39 is 21.7 Å². The van der Waals surface area contributed by atoms with Crippen molar-refractivity contribution in [3.05, 3.63) is 23.8 Å². The third-order valence-corrected chi connectivity index (χ3v) is 3.47. The molecule has 0 aliphatic rings. The fraction of sp³-hybridized carbons (Fsp3) is 0.400. The van der Waals surface area contributed by atoms with E-state index in [1.807, 2.05) is 4.72 Å². The predicted molar refractivity (Wildman–Crippen MR) is 64.7 cm³/mol. The zero-order valence-corrected chi connectivity index (χ0v) is 10.6. The predicted octanol–water partition coefficient (Wildman–Crippen LogP) is 1.33. The molecule has 8 heteroatoms. The number of benzene rings is 1. The molecule has 0 spiro atoms. The molecule has 0 fully saturated rings. The minimum atomic E-state index is -3.71. The van der Waals surface area contributed by atoms with Crippen molar-refractivity contribution in [2.45, 2.75) is 6.42 Å². The van der Waals surface area contributed by atoms with E-state index in [1.54, 1.807) is 0 Å². The van der Waals surface area contributed by atoms with Crippen molar-refractivity contribution in [1.29, 1.82) is 0 Å². The maximum atomic E-state index is 13.3.